The predicted molar refractivity (Wildman–Crippen MR) is 87.9 cm³/mol. The van der Waals surface area contributed by atoms with E-state index in [-0.39, 0.29) is 29.6 Å². The average Bonchev–Trinajstić information content (AvgIpc) is 3.08. The van der Waals surface area contributed by atoms with Gasteiger partial charge in [-0.3, -0.25) is 14.4 Å². The van der Waals surface area contributed by atoms with E-state index >= 15 is 0 Å². The van der Waals surface area contributed by atoms with Gasteiger partial charge in [0.25, 0.3) is 5.91 Å². The lowest BCUT2D eigenvalue weighted by atomic mass is 10.1. The number of aliphatic hydroxyl groups is 1. The second-order valence-electron chi connectivity index (χ2n) is 6.28. The van der Waals surface area contributed by atoms with E-state index in [1.54, 1.807) is 13.8 Å². The molecule has 1 aliphatic rings. The van der Waals surface area contributed by atoms with E-state index < -0.39 is 29.1 Å². The Kier molecular flexibility index (Phi) is 5.15. The van der Waals surface area contributed by atoms with E-state index in [0.717, 1.165) is 0 Å². The number of carboxylic acid groups (broad SMARTS) is 1. The molecule has 1 fully saturated rings. The third-order valence-corrected chi connectivity index (χ3v) is 4.57. The SMILES string of the molecule is CC1(C)[C@H](C(=O)O)[C@H]1C(=O)Nc1ccc(C(=O)NCCO)c(Cl)c1. The van der Waals surface area contributed by atoms with Crippen LogP contribution in [0.2, 0.25) is 5.02 Å². The van der Waals surface area contributed by atoms with Gasteiger partial charge >= 0.3 is 5.97 Å². The van der Waals surface area contributed by atoms with Gasteiger partial charge in [-0.2, -0.15) is 0 Å². The van der Waals surface area contributed by atoms with Gasteiger partial charge in [-0.1, -0.05) is 25.4 Å². The second kappa shape index (κ2) is 6.78. The Hall–Kier alpha value is -2.12. The summed E-state index contributed by atoms with van der Waals surface area (Å²) in [6, 6.07) is 4.40. The highest BCUT2D eigenvalue weighted by molar-refractivity contribution is 6.34. The minimum atomic E-state index is -0.992. The van der Waals surface area contributed by atoms with Crippen LogP contribution >= 0.6 is 11.6 Å². The summed E-state index contributed by atoms with van der Waals surface area (Å²) in [7, 11) is 0. The summed E-state index contributed by atoms with van der Waals surface area (Å²) >= 11 is 6.05. The molecule has 0 aliphatic heterocycles. The summed E-state index contributed by atoms with van der Waals surface area (Å²) in [5.41, 5.74) is 0.0120. The van der Waals surface area contributed by atoms with Crippen LogP contribution < -0.4 is 10.6 Å². The molecule has 1 aliphatic carbocycles. The third-order valence-electron chi connectivity index (χ3n) is 4.25. The van der Waals surface area contributed by atoms with E-state index in [9.17, 15) is 14.4 Å². The molecule has 2 rings (SSSR count). The first kappa shape index (κ1) is 18.2. The number of carboxylic acids is 1. The number of nitrogens with one attached hydrogen (secondary N) is 2. The quantitative estimate of drug-likeness (QED) is 0.615. The first-order valence-electron chi connectivity index (χ1n) is 7.42. The highest BCUT2D eigenvalue weighted by Crippen LogP contribution is 2.58. The molecule has 8 heteroatoms. The molecular formula is C16H19ClN2O5. The van der Waals surface area contributed by atoms with Crippen molar-refractivity contribution in [2.75, 3.05) is 18.5 Å². The summed E-state index contributed by atoms with van der Waals surface area (Å²) in [6.45, 7) is 3.40. The maximum absolute atomic E-state index is 12.3. The molecule has 0 heterocycles. The van der Waals surface area contributed by atoms with E-state index in [1.807, 2.05) is 0 Å². The van der Waals surface area contributed by atoms with Crippen molar-refractivity contribution in [1.82, 2.24) is 5.32 Å². The van der Waals surface area contributed by atoms with Crippen LogP contribution in [0.5, 0.6) is 0 Å². The molecule has 1 aromatic carbocycles. The number of anilines is 1. The van der Waals surface area contributed by atoms with Crippen molar-refractivity contribution < 1.29 is 24.6 Å². The molecule has 1 saturated carbocycles. The van der Waals surface area contributed by atoms with E-state index in [4.69, 9.17) is 21.8 Å². The minimum absolute atomic E-state index is 0.112. The van der Waals surface area contributed by atoms with E-state index in [1.165, 1.54) is 18.2 Å². The summed E-state index contributed by atoms with van der Waals surface area (Å²) in [4.78, 5) is 35.2. The number of carbonyl (C=O) groups excluding carboxylic acids is 2. The third kappa shape index (κ3) is 3.52. The van der Waals surface area contributed by atoms with Crippen molar-refractivity contribution in [1.29, 1.82) is 0 Å². The van der Waals surface area contributed by atoms with Crippen LogP contribution in [-0.2, 0) is 9.59 Å². The van der Waals surface area contributed by atoms with Crippen LogP contribution in [0.4, 0.5) is 5.69 Å². The number of rotatable bonds is 6. The number of hydrogen-bond acceptors (Lipinski definition) is 4. The maximum Gasteiger partial charge on any atom is 0.307 e. The van der Waals surface area contributed by atoms with Gasteiger partial charge in [-0.05, 0) is 23.6 Å². The zero-order chi connectivity index (χ0) is 18.1. The first-order valence-corrected chi connectivity index (χ1v) is 7.80. The largest absolute Gasteiger partial charge is 0.481 e. The molecule has 7 nitrogen and oxygen atoms in total. The molecule has 2 atom stereocenters. The van der Waals surface area contributed by atoms with Crippen molar-refractivity contribution >= 4 is 35.1 Å². The molecule has 130 valence electrons. The Morgan fingerprint density at radius 1 is 1.25 bits per heavy atom. The smallest absolute Gasteiger partial charge is 0.307 e. The molecule has 0 saturated heterocycles. The van der Waals surface area contributed by atoms with E-state index in [2.05, 4.69) is 10.6 Å². The normalized spacial score (nSPS) is 21.0. The van der Waals surface area contributed by atoms with Crippen LogP contribution in [0.3, 0.4) is 0 Å². The van der Waals surface area contributed by atoms with Crippen molar-refractivity contribution in [3.63, 3.8) is 0 Å². The van der Waals surface area contributed by atoms with Crippen molar-refractivity contribution in [2.45, 2.75) is 13.8 Å². The summed E-state index contributed by atoms with van der Waals surface area (Å²) < 4.78 is 0. The number of carbonyl (C=O) groups is 3. The standard InChI is InChI=1S/C16H19ClN2O5/c1-16(2)11(12(16)15(23)24)14(22)19-8-3-4-9(10(17)7-8)13(21)18-5-6-20/h3-4,7,11-12,20H,5-6H2,1-2H3,(H,18,21)(H,19,22)(H,23,24)/t11-,12-/m0/s1. The highest BCUT2D eigenvalue weighted by Gasteiger charge is 2.65. The molecular weight excluding hydrogens is 336 g/mol. The van der Waals surface area contributed by atoms with Crippen LogP contribution in [-0.4, -0.2) is 41.1 Å². The van der Waals surface area contributed by atoms with Gasteiger partial charge in [0.15, 0.2) is 0 Å². The number of aliphatic carboxylic acids is 1. The number of halogens is 1. The lowest BCUT2D eigenvalue weighted by Crippen LogP contribution is -2.26. The lowest BCUT2D eigenvalue weighted by molar-refractivity contribution is -0.140. The summed E-state index contributed by atoms with van der Waals surface area (Å²) in [5, 5.41) is 23.1. The first-order chi connectivity index (χ1) is 11.2. The van der Waals surface area contributed by atoms with Crippen molar-refractivity contribution in [3.05, 3.63) is 28.8 Å². The maximum atomic E-state index is 12.3. The highest BCUT2D eigenvalue weighted by atomic mass is 35.5. The van der Waals surface area contributed by atoms with Gasteiger partial charge in [0.2, 0.25) is 5.91 Å². The summed E-state index contributed by atoms with van der Waals surface area (Å²) in [5.74, 6) is -3.13. The molecule has 0 radical (unpaired) electrons. The molecule has 0 spiro atoms. The molecule has 0 bridgehead atoms. The van der Waals surface area contributed by atoms with Crippen LogP contribution in [0.1, 0.15) is 24.2 Å². The average molecular weight is 355 g/mol. The summed E-state index contributed by atoms with van der Waals surface area (Å²) in [6.07, 6.45) is 0. The van der Waals surface area contributed by atoms with Crippen LogP contribution in [0.15, 0.2) is 18.2 Å². The zero-order valence-electron chi connectivity index (χ0n) is 13.3. The van der Waals surface area contributed by atoms with Gasteiger partial charge < -0.3 is 20.8 Å². The monoisotopic (exact) mass is 354 g/mol. The Labute approximate surface area is 144 Å². The Bertz CT molecular complexity index is 689. The molecule has 2 amide bonds. The fourth-order valence-corrected chi connectivity index (χ4v) is 3.12. The fraction of sp³-hybridized carbons (Fsp3) is 0.438. The minimum Gasteiger partial charge on any atom is -0.481 e. The van der Waals surface area contributed by atoms with Crippen LogP contribution in [0.25, 0.3) is 0 Å². The van der Waals surface area contributed by atoms with Crippen molar-refractivity contribution in [3.8, 4) is 0 Å². The fourth-order valence-electron chi connectivity index (χ4n) is 2.85. The predicted octanol–water partition coefficient (Wildman–Crippen LogP) is 1.36. The zero-order valence-corrected chi connectivity index (χ0v) is 14.1. The molecule has 24 heavy (non-hydrogen) atoms. The molecule has 4 N–H and O–H groups in total. The molecule has 0 aromatic heterocycles. The van der Waals surface area contributed by atoms with Crippen LogP contribution in [0, 0.1) is 17.3 Å². The van der Waals surface area contributed by atoms with E-state index in [0.29, 0.717) is 5.69 Å². The number of aliphatic hydroxyl groups excluding tert-OH is 1. The number of hydrogen-bond donors (Lipinski definition) is 4. The Morgan fingerprint density at radius 3 is 2.42 bits per heavy atom. The molecule has 1 aromatic rings. The van der Waals surface area contributed by atoms with Gasteiger partial charge in [0.05, 0.1) is 29.0 Å². The molecule has 0 unspecified atom stereocenters. The van der Waals surface area contributed by atoms with Gasteiger partial charge in [0.1, 0.15) is 0 Å². The number of benzene rings is 1. The van der Waals surface area contributed by atoms with Crippen molar-refractivity contribution in [2.24, 2.45) is 17.3 Å². The number of amides is 2. The Morgan fingerprint density at radius 2 is 1.92 bits per heavy atom. The van der Waals surface area contributed by atoms with Gasteiger partial charge in [-0.25, -0.2) is 0 Å². The topological polar surface area (TPSA) is 116 Å². The van der Waals surface area contributed by atoms with Gasteiger partial charge in [-0.15, -0.1) is 0 Å². The van der Waals surface area contributed by atoms with Gasteiger partial charge in [0, 0.05) is 12.2 Å². The lowest BCUT2D eigenvalue weighted by Gasteiger charge is -2.09. The second-order valence-corrected chi connectivity index (χ2v) is 6.69. The Balaban J connectivity index is 2.07.